The van der Waals surface area contributed by atoms with Gasteiger partial charge in [0.1, 0.15) is 41.1 Å². The predicted octanol–water partition coefficient (Wildman–Crippen LogP) is 9.63. The molecular formula is C47H56F2N6O5. The summed E-state index contributed by atoms with van der Waals surface area (Å²) in [6.45, 7) is 15.2. The van der Waals surface area contributed by atoms with Crippen LogP contribution < -0.4 is 10.1 Å². The van der Waals surface area contributed by atoms with E-state index in [2.05, 4.69) is 25.2 Å². The molecule has 4 heterocycles. The van der Waals surface area contributed by atoms with Crippen LogP contribution in [0.2, 0.25) is 0 Å². The molecule has 3 aromatic carbocycles. The van der Waals surface area contributed by atoms with Gasteiger partial charge in [-0.15, -0.1) is 0 Å². The molecule has 3 N–H and O–H groups in total. The molecule has 0 atom stereocenters. The summed E-state index contributed by atoms with van der Waals surface area (Å²) in [4.78, 5) is 42.3. The van der Waals surface area contributed by atoms with Crippen molar-refractivity contribution in [3.05, 3.63) is 95.3 Å². The fourth-order valence-electron chi connectivity index (χ4n) is 8.12. The Labute approximate surface area is 350 Å². The number of aromatic nitrogens is 3. The summed E-state index contributed by atoms with van der Waals surface area (Å²) < 4.78 is 42.1. The number of H-pyrrole nitrogens is 1. The van der Waals surface area contributed by atoms with E-state index >= 15 is 4.39 Å². The molecule has 0 unspecified atom stereocenters. The first kappa shape index (κ1) is 42.7. The molecule has 2 fully saturated rings. The number of likely N-dealkylation sites (tertiary alicyclic amines) is 2. The lowest BCUT2D eigenvalue weighted by atomic mass is 9.92. The topological polar surface area (TPSA) is 133 Å². The number of nitrogens with zero attached hydrogens (tertiary/aromatic N) is 4. The van der Waals surface area contributed by atoms with Crippen molar-refractivity contribution in [1.82, 2.24) is 24.8 Å². The second-order valence-electron chi connectivity index (χ2n) is 17.7. The van der Waals surface area contributed by atoms with Gasteiger partial charge in [0.15, 0.2) is 0 Å². The maximum Gasteiger partial charge on any atom is 0.410 e. The molecule has 60 heavy (non-hydrogen) atoms. The summed E-state index contributed by atoms with van der Waals surface area (Å²) in [6.07, 6.45) is 7.72. The van der Waals surface area contributed by atoms with Crippen LogP contribution in [-0.4, -0.2) is 86.3 Å². The van der Waals surface area contributed by atoms with Crippen LogP contribution in [0.4, 0.5) is 19.3 Å². The SMILES string of the molecule is Cc1c(NC(=O)c2ccc(C(C)(C)O)cc2F)cc(F)cc1-c1ncnc2[nH]c(-c3ccc(OC4CCN(CCCC5CCN(C(=O)OC(C)(C)C)CC5)CC4)cc3)cc12. The third-order valence-electron chi connectivity index (χ3n) is 11.6. The first-order valence-corrected chi connectivity index (χ1v) is 21.0. The summed E-state index contributed by atoms with van der Waals surface area (Å²) in [5, 5.41) is 13.6. The summed E-state index contributed by atoms with van der Waals surface area (Å²) in [5.74, 6) is -0.678. The maximum atomic E-state index is 15.1. The minimum Gasteiger partial charge on any atom is -0.490 e. The summed E-state index contributed by atoms with van der Waals surface area (Å²) in [5.41, 5.74) is 2.27. The average molecular weight is 823 g/mol. The molecular weight excluding hydrogens is 767 g/mol. The monoisotopic (exact) mass is 822 g/mol. The number of carbonyl (C=O) groups is 2. The number of aromatic amines is 1. The normalized spacial score (nSPS) is 16.0. The van der Waals surface area contributed by atoms with Crippen molar-refractivity contribution in [3.8, 4) is 28.3 Å². The van der Waals surface area contributed by atoms with E-state index in [1.807, 2.05) is 56.0 Å². The molecule has 2 amide bonds. The number of amides is 2. The van der Waals surface area contributed by atoms with E-state index in [-0.39, 0.29) is 23.4 Å². The molecule has 11 nitrogen and oxygen atoms in total. The highest BCUT2D eigenvalue weighted by Crippen LogP contribution is 2.36. The van der Waals surface area contributed by atoms with Crippen LogP contribution >= 0.6 is 0 Å². The number of piperidine rings is 2. The van der Waals surface area contributed by atoms with Gasteiger partial charge in [-0.2, -0.15) is 0 Å². The first-order chi connectivity index (χ1) is 28.5. The number of anilines is 1. The largest absolute Gasteiger partial charge is 0.490 e. The van der Waals surface area contributed by atoms with Gasteiger partial charge in [0.05, 0.1) is 16.9 Å². The fraction of sp³-hybridized carbons (Fsp3) is 0.447. The smallest absolute Gasteiger partial charge is 0.410 e. The lowest BCUT2D eigenvalue weighted by molar-refractivity contribution is 0.0178. The number of nitrogens with one attached hydrogen (secondary N) is 2. The molecule has 7 rings (SSSR count). The third-order valence-corrected chi connectivity index (χ3v) is 11.6. The van der Waals surface area contributed by atoms with Crippen LogP contribution in [0.5, 0.6) is 5.75 Å². The summed E-state index contributed by atoms with van der Waals surface area (Å²) in [7, 11) is 0. The van der Waals surface area contributed by atoms with Gasteiger partial charge in [-0.05, 0) is 164 Å². The molecule has 318 valence electrons. The van der Waals surface area contributed by atoms with E-state index in [4.69, 9.17) is 9.47 Å². The highest BCUT2D eigenvalue weighted by atomic mass is 19.1. The van der Waals surface area contributed by atoms with Crippen molar-refractivity contribution in [2.75, 3.05) is 38.0 Å². The molecule has 13 heteroatoms. The van der Waals surface area contributed by atoms with E-state index in [0.717, 1.165) is 87.9 Å². The van der Waals surface area contributed by atoms with Crippen molar-refractivity contribution < 1.29 is 33.0 Å². The van der Waals surface area contributed by atoms with Crippen molar-refractivity contribution in [1.29, 1.82) is 0 Å². The number of carbonyl (C=O) groups excluding carboxylic acids is 2. The highest BCUT2D eigenvalue weighted by molar-refractivity contribution is 6.06. The standard InChI is InChI=1S/C47H56F2N6O5/c1-29-37(25-33(48)26-40(29)53-44(56)36-14-11-32(24-39(36)49)47(5,6)58)42-38-27-41(52-43(38)51-28-50-42)31-9-12-34(13-10-31)59-35-17-20-54(21-18-35)19-7-8-30-15-22-55(23-16-30)45(57)60-46(2,3)4/h9-14,24-28,30,35,58H,7-8,15-23H2,1-6H3,(H,53,56)(H,50,51,52). The Morgan fingerprint density at radius 2 is 1.63 bits per heavy atom. The zero-order valence-electron chi connectivity index (χ0n) is 35.4. The van der Waals surface area contributed by atoms with E-state index in [1.165, 1.54) is 50.9 Å². The van der Waals surface area contributed by atoms with Crippen molar-refractivity contribution >= 4 is 28.7 Å². The van der Waals surface area contributed by atoms with Gasteiger partial charge in [0.2, 0.25) is 0 Å². The van der Waals surface area contributed by atoms with Gasteiger partial charge < -0.3 is 34.7 Å². The molecule has 0 aliphatic carbocycles. The number of fused-ring (bicyclic) bond motifs is 1. The van der Waals surface area contributed by atoms with E-state index in [1.54, 1.807) is 6.92 Å². The van der Waals surface area contributed by atoms with E-state index in [9.17, 15) is 19.1 Å². The molecule has 2 saturated heterocycles. The molecule has 2 aliphatic heterocycles. The lowest BCUT2D eigenvalue weighted by Gasteiger charge is -2.34. The van der Waals surface area contributed by atoms with Gasteiger partial charge in [-0.1, -0.05) is 6.07 Å². The summed E-state index contributed by atoms with van der Waals surface area (Å²) in [6, 6.07) is 16.3. The van der Waals surface area contributed by atoms with Gasteiger partial charge in [-0.3, -0.25) is 4.79 Å². The van der Waals surface area contributed by atoms with Crippen LogP contribution in [0, 0.1) is 24.5 Å². The summed E-state index contributed by atoms with van der Waals surface area (Å²) >= 11 is 0. The minimum atomic E-state index is -1.28. The number of aliphatic hydroxyl groups is 1. The van der Waals surface area contributed by atoms with Crippen LogP contribution in [0.15, 0.2) is 67.0 Å². The predicted molar refractivity (Wildman–Crippen MR) is 229 cm³/mol. The molecule has 5 aromatic rings. The molecule has 2 aromatic heterocycles. The van der Waals surface area contributed by atoms with Crippen LogP contribution in [0.25, 0.3) is 33.5 Å². The van der Waals surface area contributed by atoms with Gasteiger partial charge in [-0.25, -0.2) is 23.5 Å². The van der Waals surface area contributed by atoms with E-state index < -0.39 is 28.7 Å². The Bertz CT molecular complexity index is 2320. The number of hydrogen-bond donors (Lipinski definition) is 3. The van der Waals surface area contributed by atoms with Crippen molar-refractivity contribution in [2.45, 2.75) is 97.4 Å². The lowest BCUT2D eigenvalue weighted by Crippen LogP contribution is -2.42. The Morgan fingerprint density at radius 1 is 0.917 bits per heavy atom. The van der Waals surface area contributed by atoms with Gasteiger partial charge >= 0.3 is 6.09 Å². The average Bonchev–Trinajstić information content (AvgIpc) is 3.64. The third kappa shape index (κ3) is 10.3. The maximum absolute atomic E-state index is 15.1. The van der Waals surface area contributed by atoms with Gasteiger partial charge in [0, 0.05) is 48.5 Å². The number of benzene rings is 3. The highest BCUT2D eigenvalue weighted by Gasteiger charge is 2.28. The molecule has 0 radical (unpaired) electrons. The van der Waals surface area contributed by atoms with Crippen LogP contribution in [-0.2, 0) is 10.3 Å². The van der Waals surface area contributed by atoms with Gasteiger partial charge in [0.25, 0.3) is 5.91 Å². The number of hydrogen-bond acceptors (Lipinski definition) is 8. The zero-order chi connectivity index (χ0) is 42.8. The Morgan fingerprint density at radius 3 is 2.30 bits per heavy atom. The van der Waals surface area contributed by atoms with Crippen molar-refractivity contribution in [3.63, 3.8) is 0 Å². The van der Waals surface area contributed by atoms with Crippen LogP contribution in [0.3, 0.4) is 0 Å². The molecule has 0 spiro atoms. The number of rotatable bonds is 11. The first-order valence-electron chi connectivity index (χ1n) is 21.0. The zero-order valence-corrected chi connectivity index (χ0v) is 35.4. The minimum absolute atomic E-state index is 0.151. The Kier molecular flexibility index (Phi) is 12.6. The number of ether oxygens (including phenoxy) is 2. The fourth-order valence-corrected chi connectivity index (χ4v) is 8.12. The second-order valence-corrected chi connectivity index (χ2v) is 17.7. The quantitative estimate of drug-likeness (QED) is 0.120. The van der Waals surface area contributed by atoms with Crippen molar-refractivity contribution in [2.24, 2.45) is 5.92 Å². The van der Waals surface area contributed by atoms with E-state index in [0.29, 0.717) is 39.3 Å². The van der Waals surface area contributed by atoms with Crippen LogP contribution in [0.1, 0.15) is 94.6 Å². The molecule has 0 saturated carbocycles. The molecule has 0 bridgehead atoms. The Hall–Kier alpha value is -5.40. The molecule has 2 aliphatic rings. The second kappa shape index (κ2) is 17.7. The Balaban J connectivity index is 0.928. The number of halogens is 2.